The molecule has 0 aliphatic heterocycles. The Bertz CT molecular complexity index is 842. The van der Waals surface area contributed by atoms with Crippen LogP contribution >= 0.6 is 22.7 Å². The minimum absolute atomic E-state index is 0.00353. The molecular weight excluding hydrogens is 362 g/mol. The van der Waals surface area contributed by atoms with Crippen LogP contribution in [0.5, 0.6) is 0 Å². The van der Waals surface area contributed by atoms with Crippen LogP contribution in [-0.4, -0.2) is 15.9 Å². The van der Waals surface area contributed by atoms with Crippen LogP contribution in [-0.2, 0) is 30.5 Å². The number of nitrogens with zero attached hydrogens (tertiary/aromatic N) is 2. The summed E-state index contributed by atoms with van der Waals surface area (Å²) in [5, 5.41) is 9.11. The van der Waals surface area contributed by atoms with Crippen molar-refractivity contribution >= 4 is 28.6 Å². The van der Waals surface area contributed by atoms with Crippen molar-refractivity contribution in [3.05, 3.63) is 68.1 Å². The predicted molar refractivity (Wildman–Crippen MR) is 108 cm³/mol. The zero-order valence-electron chi connectivity index (χ0n) is 15.1. The standard InChI is InChI=1S/C20H23N3OS2/c1-3-15-12-25-19(21-15)11-18(24)23-17(10-14-8-6-5-7-9-14)20-22-16(4-2)13-26-20/h5-9,12-13,17H,3-4,10-11H2,1-2H3,(H,23,24)/t17-/m0/s1. The molecule has 6 heteroatoms. The molecule has 0 spiro atoms. The third-order valence-corrected chi connectivity index (χ3v) is 6.03. The average Bonchev–Trinajstić information content (AvgIpc) is 3.31. The first-order chi connectivity index (χ1) is 12.7. The minimum atomic E-state index is -0.110. The van der Waals surface area contributed by atoms with Crippen LogP contribution < -0.4 is 5.32 Å². The second-order valence-electron chi connectivity index (χ2n) is 6.10. The molecule has 2 heterocycles. The first kappa shape index (κ1) is 18.7. The summed E-state index contributed by atoms with van der Waals surface area (Å²) in [6, 6.07) is 10.1. The van der Waals surface area contributed by atoms with E-state index >= 15 is 0 Å². The Morgan fingerprint density at radius 1 is 1.04 bits per heavy atom. The Labute approximate surface area is 162 Å². The van der Waals surface area contributed by atoms with Crippen molar-refractivity contribution in [2.24, 2.45) is 0 Å². The third-order valence-electron chi connectivity index (χ3n) is 4.12. The van der Waals surface area contributed by atoms with Gasteiger partial charge in [0, 0.05) is 10.8 Å². The van der Waals surface area contributed by atoms with Gasteiger partial charge in [-0.1, -0.05) is 44.2 Å². The molecule has 0 aliphatic carbocycles. The fourth-order valence-corrected chi connectivity index (χ4v) is 4.50. The maximum Gasteiger partial charge on any atom is 0.227 e. The van der Waals surface area contributed by atoms with Crippen LogP contribution in [0.1, 0.15) is 46.9 Å². The van der Waals surface area contributed by atoms with Crippen molar-refractivity contribution in [3.8, 4) is 0 Å². The van der Waals surface area contributed by atoms with Gasteiger partial charge in [0.05, 0.1) is 23.9 Å². The van der Waals surface area contributed by atoms with Gasteiger partial charge in [0.1, 0.15) is 10.0 Å². The van der Waals surface area contributed by atoms with Crippen LogP contribution in [0.3, 0.4) is 0 Å². The van der Waals surface area contributed by atoms with E-state index in [1.54, 1.807) is 22.7 Å². The number of thiazole rings is 2. The van der Waals surface area contributed by atoms with Crippen LogP contribution in [0.4, 0.5) is 0 Å². The predicted octanol–water partition coefficient (Wildman–Crippen LogP) is 4.37. The summed E-state index contributed by atoms with van der Waals surface area (Å²) in [7, 11) is 0. The number of carbonyl (C=O) groups is 1. The molecule has 0 aliphatic rings. The summed E-state index contributed by atoms with van der Waals surface area (Å²) >= 11 is 3.17. The van der Waals surface area contributed by atoms with Crippen LogP contribution in [0, 0.1) is 0 Å². The van der Waals surface area contributed by atoms with E-state index in [1.165, 1.54) is 5.56 Å². The molecule has 0 bridgehead atoms. The molecule has 1 amide bonds. The molecule has 1 N–H and O–H groups in total. The topological polar surface area (TPSA) is 54.9 Å². The van der Waals surface area contributed by atoms with Gasteiger partial charge < -0.3 is 5.32 Å². The number of aromatic nitrogens is 2. The molecule has 26 heavy (non-hydrogen) atoms. The maximum absolute atomic E-state index is 12.6. The molecule has 3 aromatic rings. The molecule has 0 radical (unpaired) electrons. The highest BCUT2D eigenvalue weighted by Gasteiger charge is 2.19. The van der Waals surface area contributed by atoms with Crippen LogP contribution in [0.2, 0.25) is 0 Å². The molecular formula is C20H23N3OS2. The van der Waals surface area contributed by atoms with Gasteiger partial charge in [0.25, 0.3) is 0 Å². The van der Waals surface area contributed by atoms with Gasteiger partial charge >= 0.3 is 0 Å². The monoisotopic (exact) mass is 385 g/mol. The second kappa shape index (κ2) is 9.05. The average molecular weight is 386 g/mol. The number of hydrogen-bond acceptors (Lipinski definition) is 5. The van der Waals surface area contributed by atoms with Gasteiger partial charge in [-0.05, 0) is 24.8 Å². The Balaban J connectivity index is 1.72. The number of benzene rings is 1. The first-order valence-electron chi connectivity index (χ1n) is 8.88. The van der Waals surface area contributed by atoms with E-state index in [0.717, 1.165) is 40.7 Å². The molecule has 1 aromatic carbocycles. The van der Waals surface area contributed by atoms with Crippen molar-refractivity contribution in [2.75, 3.05) is 0 Å². The number of carbonyl (C=O) groups excluding carboxylic acids is 1. The van der Waals surface area contributed by atoms with Crippen molar-refractivity contribution in [1.82, 2.24) is 15.3 Å². The van der Waals surface area contributed by atoms with E-state index in [4.69, 9.17) is 4.98 Å². The minimum Gasteiger partial charge on any atom is -0.346 e. The SMILES string of the molecule is CCc1csc(CC(=O)N[C@@H](Cc2ccccc2)c2nc(CC)cs2)n1. The van der Waals surface area contributed by atoms with Crippen molar-refractivity contribution < 1.29 is 4.79 Å². The van der Waals surface area contributed by atoms with Gasteiger partial charge in [-0.2, -0.15) is 0 Å². The Hall–Kier alpha value is -2.05. The Morgan fingerprint density at radius 3 is 2.38 bits per heavy atom. The van der Waals surface area contributed by atoms with Gasteiger partial charge in [-0.15, -0.1) is 22.7 Å². The van der Waals surface area contributed by atoms with E-state index in [9.17, 15) is 4.79 Å². The first-order valence-corrected chi connectivity index (χ1v) is 10.6. The largest absolute Gasteiger partial charge is 0.346 e. The zero-order valence-corrected chi connectivity index (χ0v) is 16.7. The van der Waals surface area contributed by atoms with Crippen LogP contribution in [0.25, 0.3) is 0 Å². The van der Waals surface area contributed by atoms with Gasteiger partial charge in [0.15, 0.2) is 0 Å². The molecule has 136 valence electrons. The quantitative estimate of drug-likeness (QED) is 0.626. The highest BCUT2D eigenvalue weighted by molar-refractivity contribution is 7.10. The highest BCUT2D eigenvalue weighted by atomic mass is 32.1. The molecule has 0 saturated heterocycles. The lowest BCUT2D eigenvalue weighted by Crippen LogP contribution is -2.31. The molecule has 0 fully saturated rings. The summed E-state index contributed by atoms with van der Waals surface area (Å²) in [5.74, 6) is -0.00353. The van der Waals surface area contributed by atoms with Gasteiger partial charge in [-0.3, -0.25) is 4.79 Å². The lowest BCUT2D eigenvalue weighted by atomic mass is 10.1. The number of rotatable bonds is 8. The van der Waals surface area contributed by atoms with E-state index in [1.807, 2.05) is 23.6 Å². The maximum atomic E-state index is 12.6. The highest BCUT2D eigenvalue weighted by Crippen LogP contribution is 2.23. The molecule has 3 rings (SSSR count). The van der Waals surface area contributed by atoms with E-state index in [-0.39, 0.29) is 11.9 Å². The normalized spacial score (nSPS) is 12.1. The Kier molecular flexibility index (Phi) is 6.52. The molecule has 4 nitrogen and oxygen atoms in total. The fraction of sp³-hybridized carbons (Fsp3) is 0.350. The lowest BCUT2D eigenvalue weighted by molar-refractivity contribution is -0.121. The second-order valence-corrected chi connectivity index (χ2v) is 7.94. The fourth-order valence-electron chi connectivity index (χ4n) is 2.67. The summed E-state index contributed by atoms with van der Waals surface area (Å²) in [6.07, 6.45) is 2.86. The molecule has 1 atom stereocenters. The van der Waals surface area contributed by atoms with E-state index in [0.29, 0.717) is 6.42 Å². The lowest BCUT2D eigenvalue weighted by Gasteiger charge is -2.16. The van der Waals surface area contributed by atoms with Gasteiger partial charge in [-0.25, -0.2) is 9.97 Å². The summed E-state index contributed by atoms with van der Waals surface area (Å²) in [6.45, 7) is 4.17. The summed E-state index contributed by atoms with van der Waals surface area (Å²) in [4.78, 5) is 21.8. The molecule has 0 saturated carbocycles. The number of nitrogens with one attached hydrogen (secondary N) is 1. The molecule has 0 unspecified atom stereocenters. The Morgan fingerprint density at radius 2 is 1.73 bits per heavy atom. The van der Waals surface area contributed by atoms with Crippen molar-refractivity contribution in [2.45, 2.75) is 45.6 Å². The summed E-state index contributed by atoms with van der Waals surface area (Å²) < 4.78 is 0. The smallest absolute Gasteiger partial charge is 0.227 e. The zero-order chi connectivity index (χ0) is 18.4. The molecule has 2 aromatic heterocycles. The van der Waals surface area contributed by atoms with E-state index < -0.39 is 0 Å². The van der Waals surface area contributed by atoms with E-state index in [2.05, 4.69) is 41.7 Å². The number of aryl methyl sites for hydroxylation is 2. The number of hydrogen-bond donors (Lipinski definition) is 1. The summed E-state index contributed by atoms with van der Waals surface area (Å²) in [5.41, 5.74) is 3.31. The third kappa shape index (κ3) is 4.99. The van der Waals surface area contributed by atoms with Gasteiger partial charge in [0.2, 0.25) is 5.91 Å². The number of amides is 1. The van der Waals surface area contributed by atoms with Crippen LogP contribution in [0.15, 0.2) is 41.1 Å². The van der Waals surface area contributed by atoms with Crippen molar-refractivity contribution in [3.63, 3.8) is 0 Å². The van der Waals surface area contributed by atoms with Crippen molar-refractivity contribution in [1.29, 1.82) is 0 Å².